The van der Waals surface area contributed by atoms with Gasteiger partial charge in [-0.15, -0.1) is 0 Å². The fourth-order valence-electron chi connectivity index (χ4n) is 1.69. The first-order chi connectivity index (χ1) is 8.63. The third kappa shape index (κ3) is 2.17. The smallest absolute Gasteiger partial charge is 0.276 e. The third-order valence-corrected chi connectivity index (χ3v) is 2.64. The van der Waals surface area contributed by atoms with E-state index in [1.165, 1.54) is 6.20 Å². The van der Waals surface area contributed by atoms with Gasteiger partial charge < -0.3 is 11.1 Å². The van der Waals surface area contributed by atoms with Gasteiger partial charge in [-0.25, -0.2) is 0 Å². The van der Waals surface area contributed by atoms with Crippen molar-refractivity contribution in [3.8, 4) is 0 Å². The molecule has 2 aromatic heterocycles. The Kier molecular flexibility index (Phi) is 3.27. The first kappa shape index (κ1) is 12.1. The Morgan fingerprint density at radius 1 is 1.56 bits per heavy atom. The summed E-state index contributed by atoms with van der Waals surface area (Å²) >= 11 is 0. The molecule has 3 N–H and O–H groups in total. The molecule has 0 aromatic carbocycles. The summed E-state index contributed by atoms with van der Waals surface area (Å²) < 4.78 is 1.57. The van der Waals surface area contributed by atoms with Crippen LogP contribution in [-0.4, -0.2) is 20.7 Å². The fraction of sp³-hybridized carbons (Fsp3) is 0.250. The predicted octanol–water partition coefficient (Wildman–Crippen LogP) is 1.44. The number of aryl methyl sites for hydroxylation is 2. The summed E-state index contributed by atoms with van der Waals surface area (Å²) in [6.45, 7) is 4.32. The third-order valence-electron chi connectivity index (χ3n) is 2.64. The molecule has 18 heavy (non-hydrogen) atoms. The number of amides is 1. The zero-order valence-corrected chi connectivity index (χ0v) is 10.3. The molecule has 1 amide bonds. The number of hydrogen-bond acceptors (Lipinski definition) is 4. The SMILES string of the molecule is CCn1ncc(N)c1C(=O)Nc1cccnc1C. The van der Waals surface area contributed by atoms with Crippen molar-refractivity contribution in [1.29, 1.82) is 0 Å². The number of rotatable bonds is 3. The molecule has 0 atom stereocenters. The second kappa shape index (κ2) is 4.87. The lowest BCUT2D eigenvalue weighted by molar-refractivity contribution is 0.101. The van der Waals surface area contributed by atoms with Crippen molar-refractivity contribution in [2.24, 2.45) is 0 Å². The predicted molar refractivity (Wildman–Crippen MR) is 69.2 cm³/mol. The highest BCUT2D eigenvalue weighted by Crippen LogP contribution is 2.16. The van der Waals surface area contributed by atoms with Crippen molar-refractivity contribution in [3.63, 3.8) is 0 Å². The van der Waals surface area contributed by atoms with Crippen LogP contribution in [0.4, 0.5) is 11.4 Å². The lowest BCUT2D eigenvalue weighted by Gasteiger charge is -2.09. The van der Waals surface area contributed by atoms with Crippen LogP contribution in [0.25, 0.3) is 0 Å². The molecular weight excluding hydrogens is 230 g/mol. The Morgan fingerprint density at radius 2 is 2.33 bits per heavy atom. The average molecular weight is 245 g/mol. The Bertz CT molecular complexity index is 576. The second-order valence-corrected chi connectivity index (χ2v) is 3.85. The summed E-state index contributed by atoms with van der Waals surface area (Å²) in [4.78, 5) is 16.3. The first-order valence-corrected chi connectivity index (χ1v) is 5.67. The van der Waals surface area contributed by atoms with Crippen molar-refractivity contribution < 1.29 is 4.79 Å². The van der Waals surface area contributed by atoms with Crippen LogP contribution in [0, 0.1) is 6.92 Å². The molecule has 2 heterocycles. The van der Waals surface area contributed by atoms with E-state index >= 15 is 0 Å². The largest absolute Gasteiger partial charge is 0.396 e. The summed E-state index contributed by atoms with van der Waals surface area (Å²) in [5.74, 6) is -0.275. The van der Waals surface area contributed by atoms with Gasteiger partial charge in [0, 0.05) is 12.7 Å². The minimum Gasteiger partial charge on any atom is -0.396 e. The van der Waals surface area contributed by atoms with Gasteiger partial charge in [0.15, 0.2) is 0 Å². The number of carbonyl (C=O) groups excluding carboxylic acids is 1. The van der Waals surface area contributed by atoms with E-state index in [1.54, 1.807) is 23.0 Å². The van der Waals surface area contributed by atoms with Crippen molar-refractivity contribution in [1.82, 2.24) is 14.8 Å². The molecular formula is C12H15N5O. The molecule has 6 nitrogen and oxygen atoms in total. The van der Waals surface area contributed by atoms with Crippen LogP contribution < -0.4 is 11.1 Å². The summed E-state index contributed by atoms with van der Waals surface area (Å²) in [6, 6.07) is 3.56. The van der Waals surface area contributed by atoms with E-state index in [0.717, 1.165) is 5.69 Å². The van der Waals surface area contributed by atoms with E-state index in [4.69, 9.17) is 5.73 Å². The second-order valence-electron chi connectivity index (χ2n) is 3.85. The Morgan fingerprint density at radius 3 is 3.00 bits per heavy atom. The number of nitrogen functional groups attached to an aromatic ring is 1. The molecule has 94 valence electrons. The van der Waals surface area contributed by atoms with Gasteiger partial charge in [0.1, 0.15) is 5.69 Å². The van der Waals surface area contributed by atoms with Crippen LogP contribution in [0.2, 0.25) is 0 Å². The Labute approximate surface area is 105 Å². The van der Waals surface area contributed by atoms with Crippen LogP contribution >= 0.6 is 0 Å². The zero-order chi connectivity index (χ0) is 13.1. The number of anilines is 2. The van der Waals surface area contributed by atoms with E-state index in [0.29, 0.717) is 23.6 Å². The quantitative estimate of drug-likeness (QED) is 0.856. The summed E-state index contributed by atoms with van der Waals surface area (Å²) in [5.41, 5.74) is 7.93. The van der Waals surface area contributed by atoms with Crippen molar-refractivity contribution >= 4 is 17.3 Å². The molecule has 0 unspecified atom stereocenters. The van der Waals surface area contributed by atoms with E-state index in [9.17, 15) is 4.79 Å². The molecule has 0 saturated heterocycles. The Balaban J connectivity index is 2.28. The van der Waals surface area contributed by atoms with Crippen LogP contribution in [-0.2, 0) is 6.54 Å². The minimum atomic E-state index is -0.275. The molecule has 0 aliphatic rings. The minimum absolute atomic E-state index is 0.275. The number of nitrogens with two attached hydrogens (primary N) is 1. The first-order valence-electron chi connectivity index (χ1n) is 5.67. The molecule has 6 heteroatoms. The van der Waals surface area contributed by atoms with E-state index < -0.39 is 0 Å². The zero-order valence-electron chi connectivity index (χ0n) is 10.3. The van der Waals surface area contributed by atoms with Crippen molar-refractivity contribution in [2.75, 3.05) is 11.1 Å². The monoisotopic (exact) mass is 245 g/mol. The van der Waals surface area contributed by atoms with Gasteiger partial charge in [-0.3, -0.25) is 14.5 Å². The molecule has 0 spiro atoms. The molecule has 0 radical (unpaired) electrons. The topological polar surface area (TPSA) is 85.8 Å². The van der Waals surface area contributed by atoms with Crippen LogP contribution in [0.3, 0.4) is 0 Å². The molecule has 0 aliphatic carbocycles. The lowest BCUT2D eigenvalue weighted by atomic mass is 10.3. The van der Waals surface area contributed by atoms with Crippen molar-refractivity contribution in [3.05, 3.63) is 35.9 Å². The van der Waals surface area contributed by atoms with Gasteiger partial charge >= 0.3 is 0 Å². The van der Waals surface area contributed by atoms with Crippen LogP contribution in [0.5, 0.6) is 0 Å². The van der Waals surface area contributed by atoms with E-state index in [1.807, 2.05) is 13.8 Å². The normalized spacial score (nSPS) is 10.3. The number of aromatic nitrogens is 3. The number of hydrogen-bond donors (Lipinski definition) is 2. The maximum Gasteiger partial charge on any atom is 0.276 e. The maximum atomic E-state index is 12.1. The standard InChI is InChI=1S/C12H15N5O/c1-3-17-11(9(13)7-15-17)12(18)16-10-5-4-6-14-8(10)2/h4-7H,3,13H2,1-2H3,(H,16,18). The van der Waals surface area contributed by atoms with Gasteiger partial charge in [0.05, 0.1) is 23.3 Å². The van der Waals surface area contributed by atoms with Crippen molar-refractivity contribution in [2.45, 2.75) is 20.4 Å². The molecule has 0 aliphatic heterocycles. The molecule has 2 rings (SSSR count). The lowest BCUT2D eigenvalue weighted by Crippen LogP contribution is -2.19. The molecule has 2 aromatic rings. The summed E-state index contributed by atoms with van der Waals surface area (Å²) in [5, 5.41) is 6.82. The summed E-state index contributed by atoms with van der Waals surface area (Å²) in [7, 11) is 0. The fourth-order valence-corrected chi connectivity index (χ4v) is 1.69. The maximum absolute atomic E-state index is 12.1. The van der Waals surface area contributed by atoms with Gasteiger partial charge in [0.2, 0.25) is 0 Å². The highest BCUT2D eigenvalue weighted by atomic mass is 16.2. The number of nitrogens with zero attached hydrogens (tertiary/aromatic N) is 3. The van der Waals surface area contributed by atoms with Crippen LogP contribution in [0.15, 0.2) is 24.5 Å². The molecule has 0 saturated carbocycles. The summed E-state index contributed by atoms with van der Waals surface area (Å²) in [6.07, 6.45) is 3.16. The van der Waals surface area contributed by atoms with Crippen LogP contribution in [0.1, 0.15) is 23.1 Å². The molecule has 0 bridgehead atoms. The Hall–Kier alpha value is -2.37. The van der Waals surface area contributed by atoms with Gasteiger partial charge in [-0.2, -0.15) is 5.10 Å². The highest BCUT2D eigenvalue weighted by molar-refractivity contribution is 6.06. The van der Waals surface area contributed by atoms with Gasteiger partial charge in [0.25, 0.3) is 5.91 Å². The van der Waals surface area contributed by atoms with Gasteiger partial charge in [-0.1, -0.05) is 0 Å². The average Bonchev–Trinajstić information content (AvgIpc) is 2.73. The number of pyridine rings is 1. The number of carbonyl (C=O) groups is 1. The molecule has 0 fully saturated rings. The highest BCUT2D eigenvalue weighted by Gasteiger charge is 2.16. The van der Waals surface area contributed by atoms with E-state index in [2.05, 4.69) is 15.4 Å². The van der Waals surface area contributed by atoms with E-state index in [-0.39, 0.29) is 5.91 Å². The number of nitrogens with one attached hydrogen (secondary N) is 1. The van der Waals surface area contributed by atoms with Gasteiger partial charge in [-0.05, 0) is 26.0 Å².